The van der Waals surface area contributed by atoms with E-state index in [1.165, 1.54) is 0 Å². The second-order valence-electron chi connectivity index (χ2n) is 4.47. The Morgan fingerprint density at radius 2 is 1.24 bits per heavy atom. The van der Waals surface area contributed by atoms with Crippen molar-refractivity contribution in [3.8, 4) is 0 Å². The van der Waals surface area contributed by atoms with Gasteiger partial charge in [0.05, 0.1) is 0 Å². The maximum atomic E-state index is 12.3. The van der Waals surface area contributed by atoms with Gasteiger partial charge in [-0.25, -0.2) is 0 Å². The number of nitrogens with one attached hydrogen (secondary N) is 1. The van der Waals surface area contributed by atoms with Gasteiger partial charge in [-0.05, 0) is 12.8 Å². The Hall–Kier alpha value is 0.120. The van der Waals surface area contributed by atoms with Gasteiger partial charge in [0.15, 0.2) is 0 Å². The molecular weight excluding hydrogens is 262 g/mol. The third-order valence-electron chi connectivity index (χ3n) is 3.29. The summed E-state index contributed by atoms with van der Waals surface area (Å²) >= 11 is 0. The SMILES string of the molecule is O=S(=O)(N1CCCCCC1)N1CCNCC1.[Cl-]. The Kier molecular flexibility index (Phi) is 6.16. The van der Waals surface area contributed by atoms with Gasteiger partial charge in [0.2, 0.25) is 0 Å². The van der Waals surface area contributed by atoms with E-state index >= 15 is 0 Å². The first kappa shape index (κ1) is 15.2. The van der Waals surface area contributed by atoms with Crippen LogP contribution in [0, 0.1) is 0 Å². The summed E-state index contributed by atoms with van der Waals surface area (Å²) in [6.45, 7) is 4.16. The molecule has 0 aliphatic carbocycles. The van der Waals surface area contributed by atoms with E-state index in [4.69, 9.17) is 0 Å². The van der Waals surface area contributed by atoms with Crippen LogP contribution in [0.25, 0.3) is 0 Å². The molecule has 102 valence electrons. The minimum Gasteiger partial charge on any atom is -1.00 e. The Balaban J connectivity index is 0.00000144. The fraction of sp³-hybridized carbons (Fsp3) is 1.00. The Labute approximate surface area is 110 Å². The standard InChI is InChI=1S/C10H21N3O2S.ClH/c14-16(15,13-9-5-11-6-10-13)12-7-3-1-2-4-8-12;/h11H,1-10H2;1H/p-1. The van der Waals surface area contributed by atoms with Crippen LogP contribution in [0.15, 0.2) is 0 Å². The molecule has 0 aromatic rings. The van der Waals surface area contributed by atoms with Crippen LogP contribution in [-0.2, 0) is 10.2 Å². The normalized spacial score (nSPS) is 24.9. The van der Waals surface area contributed by atoms with Crippen molar-refractivity contribution in [3.63, 3.8) is 0 Å². The van der Waals surface area contributed by atoms with Crippen LogP contribution in [0.2, 0.25) is 0 Å². The fourth-order valence-corrected chi connectivity index (χ4v) is 4.00. The number of halogens is 1. The van der Waals surface area contributed by atoms with Crippen LogP contribution < -0.4 is 17.7 Å². The second-order valence-corrected chi connectivity index (χ2v) is 6.40. The zero-order chi connectivity index (χ0) is 11.4. The Morgan fingerprint density at radius 1 is 0.765 bits per heavy atom. The molecule has 1 N–H and O–H groups in total. The molecule has 7 heteroatoms. The summed E-state index contributed by atoms with van der Waals surface area (Å²) in [6, 6.07) is 0. The minimum atomic E-state index is -3.18. The van der Waals surface area contributed by atoms with Crippen molar-refractivity contribution in [1.29, 1.82) is 0 Å². The van der Waals surface area contributed by atoms with Gasteiger partial charge in [0, 0.05) is 39.3 Å². The predicted octanol–water partition coefficient (Wildman–Crippen LogP) is -2.98. The highest BCUT2D eigenvalue weighted by Crippen LogP contribution is 2.16. The lowest BCUT2D eigenvalue weighted by atomic mass is 10.2. The van der Waals surface area contributed by atoms with Gasteiger partial charge in [0.1, 0.15) is 0 Å². The van der Waals surface area contributed by atoms with Crippen molar-refractivity contribution in [3.05, 3.63) is 0 Å². The second kappa shape index (κ2) is 6.89. The molecule has 0 spiro atoms. The van der Waals surface area contributed by atoms with Crippen LogP contribution in [0.3, 0.4) is 0 Å². The summed E-state index contributed by atoms with van der Waals surface area (Å²) in [5, 5.41) is 3.18. The molecule has 0 aromatic carbocycles. The van der Waals surface area contributed by atoms with Crippen LogP contribution in [-0.4, -0.2) is 56.3 Å². The lowest BCUT2D eigenvalue weighted by molar-refractivity contribution is -0.00000618. The number of hydrogen-bond acceptors (Lipinski definition) is 3. The van der Waals surface area contributed by atoms with Gasteiger partial charge < -0.3 is 17.7 Å². The summed E-state index contributed by atoms with van der Waals surface area (Å²) < 4.78 is 27.9. The highest BCUT2D eigenvalue weighted by Gasteiger charge is 2.30. The van der Waals surface area contributed by atoms with Crippen molar-refractivity contribution < 1.29 is 20.8 Å². The molecule has 0 saturated carbocycles. The van der Waals surface area contributed by atoms with Crippen LogP contribution in [0.1, 0.15) is 25.7 Å². The largest absolute Gasteiger partial charge is 1.00 e. The van der Waals surface area contributed by atoms with E-state index in [2.05, 4.69) is 5.32 Å². The van der Waals surface area contributed by atoms with Gasteiger partial charge in [0.25, 0.3) is 10.2 Å². The van der Waals surface area contributed by atoms with E-state index in [9.17, 15) is 8.42 Å². The summed E-state index contributed by atoms with van der Waals surface area (Å²) in [5.41, 5.74) is 0. The molecule has 0 unspecified atom stereocenters. The van der Waals surface area contributed by atoms with E-state index in [1.807, 2.05) is 0 Å². The quantitative estimate of drug-likeness (QED) is 0.588. The summed E-state index contributed by atoms with van der Waals surface area (Å²) in [6.07, 6.45) is 4.33. The molecular formula is C10H21ClN3O2S-. The van der Waals surface area contributed by atoms with E-state index in [-0.39, 0.29) is 12.4 Å². The maximum absolute atomic E-state index is 12.3. The smallest absolute Gasteiger partial charge is 0.282 e. The third-order valence-corrected chi connectivity index (χ3v) is 5.33. The first-order valence-electron chi connectivity index (χ1n) is 6.17. The summed E-state index contributed by atoms with van der Waals surface area (Å²) in [4.78, 5) is 0. The van der Waals surface area contributed by atoms with Gasteiger partial charge in [-0.1, -0.05) is 12.8 Å². The van der Waals surface area contributed by atoms with Crippen molar-refractivity contribution in [2.75, 3.05) is 39.3 Å². The van der Waals surface area contributed by atoms with Crippen LogP contribution in [0.4, 0.5) is 0 Å². The van der Waals surface area contributed by atoms with Crippen molar-refractivity contribution in [1.82, 2.24) is 13.9 Å². The monoisotopic (exact) mass is 282 g/mol. The van der Waals surface area contributed by atoms with Crippen LogP contribution in [0.5, 0.6) is 0 Å². The zero-order valence-electron chi connectivity index (χ0n) is 10.1. The number of piperazine rings is 1. The van der Waals surface area contributed by atoms with Gasteiger partial charge in [-0.3, -0.25) is 0 Å². The van der Waals surface area contributed by atoms with E-state index in [0.29, 0.717) is 26.2 Å². The molecule has 0 amide bonds. The number of nitrogens with zero attached hydrogens (tertiary/aromatic N) is 2. The van der Waals surface area contributed by atoms with E-state index in [1.54, 1.807) is 8.61 Å². The van der Waals surface area contributed by atoms with E-state index in [0.717, 1.165) is 38.8 Å². The molecule has 2 rings (SSSR count). The Morgan fingerprint density at radius 3 is 1.76 bits per heavy atom. The third kappa shape index (κ3) is 3.79. The molecule has 0 radical (unpaired) electrons. The lowest BCUT2D eigenvalue weighted by Crippen LogP contribution is -3.00. The van der Waals surface area contributed by atoms with Crippen LogP contribution >= 0.6 is 0 Å². The first-order valence-corrected chi connectivity index (χ1v) is 7.57. The highest BCUT2D eigenvalue weighted by molar-refractivity contribution is 7.86. The molecule has 2 aliphatic heterocycles. The maximum Gasteiger partial charge on any atom is 0.282 e. The van der Waals surface area contributed by atoms with Gasteiger partial charge in [-0.15, -0.1) is 0 Å². The molecule has 17 heavy (non-hydrogen) atoms. The summed E-state index contributed by atoms with van der Waals surface area (Å²) in [5.74, 6) is 0. The number of hydrogen-bond donors (Lipinski definition) is 1. The fourth-order valence-electron chi connectivity index (χ4n) is 2.31. The zero-order valence-corrected chi connectivity index (χ0v) is 11.6. The average molecular weight is 283 g/mol. The lowest BCUT2D eigenvalue weighted by Gasteiger charge is -2.31. The Bertz CT molecular complexity index is 310. The highest BCUT2D eigenvalue weighted by atomic mass is 35.5. The summed E-state index contributed by atoms with van der Waals surface area (Å²) in [7, 11) is -3.18. The minimum absolute atomic E-state index is 0. The van der Waals surface area contributed by atoms with Gasteiger partial charge >= 0.3 is 0 Å². The first-order chi connectivity index (χ1) is 7.71. The predicted molar refractivity (Wildman–Crippen MR) is 63.4 cm³/mol. The van der Waals surface area contributed by atoms with Crippen molar-refractivity contribution in [2.24, 2.45) is 0 Å². The molecule has 2 saturated heterocycles. The molecule has 5 nitrogen and oxygen atoms in total. The molecule has 0 aromatic heterocycles. The van der Waals surface area contributed by atoms with Gasteiger partial charge in [-0.2, -0.15) is 17.0 Å². The molecule has 0 bridgehead atoms. The van der Waals surface area contributed by atoms with E-state index < -0.39 is 10.2 Å². The topological polar surface area (TPSA) is 52.7 Å². The molecule has 2 aliphatic rings. The number of rotatable bonds is 2. The molecule has 0 atom stereocenters. The van der Waals surface area contributed by atoms with Crippen molar-refractivity contribution in [2.45, 2.75) is 25.7 Å². The average Bonchev–Trinajstić information content (AvgIpc) is 2.59. The van der Waals surface area contributed by atoms with Crippen molar-refractivity contribution >= 4 is 10.2 Å². The molecule has 2 heterocycles. The molecule has 2 fully saturated rings.